The van der Waals surface area contributed by atoms with Gasteiger partial charge in [-0.2, -0.15) is 8.42 Å². The van der Waals surface area contributed by atoms with Crippen molar-refractivity contribution in [3.05, 3.63) is 52.1 Å². The van der Waals surface area contributed by atoms with Crippen LogP contribution in [0.2, 0.25) is 0 Å². The Labute approximate surface area is 160 Å². The van der Waals surface area contributed by atoms with Crippen molar-refractivity contribution in [1.29, 1.82) is 5.41 Å². The van der Waals surface area contributed by atoms with E-state index in [-0.39, 0.29) is 16.5 Å². The number of amidine groups is 1. The summed E-state index contributed by atoms with van der Waals surface area (Å²) in [6, 6.07) is 8.18. The normalized spacial score (nSPS) is 13.5. The molecule has 2 unspecified atom stereocenters. The Bertz CT molecular complexity index is 994. The summed E-state index contributed by atoms with van der Waals surface area (Å²) in [5, 5.41) is 20.9. The maximum absolute atomic E-state index is 12.4. The molecule has 0 amide bonds. The Hall–Kier alpha value is -3.29. The van der Waals surface area contributed by atoms with Gasteiger partial charge in [0.05, 0.1) is 9.82 Å². The second kappa shape index (κ2) is 8.16. The number of hydrogen-bond donors (Lipinski definition) is 5. The van der Waals surface area contributed by atoms with Crippen LogP contribution in [0, 0.1) is 22.4 Å². The fourth-order valence-corrected chi connectivity index (χ4v) is 3.23. The van der Waals surface area contributed by atoms with E-state index < -0.39 is 38.8 Å². The number of pyridine rings is 1. The van der Waals surface area contributed by atoms with Gasteiger partial charge in [-0.25, -0.2) is 4.98 Å². The van der Waals surface area contributed by atoms with Crippen LogP contribution in [0.5, 0.6) is 0 Å². The minimum atomic E-state index is -4.26. The molecule has 8 N–H and O–H groups in total. The number of nitrogens with zero attached hydrogens (tertiary/aromatic N) is 2. The van der Waals surface area contributed by atoms with Crippen LogP contribution in [0.3, 0.4) is 0 Å². The fourth-order valence-electron chi connectivity index (χ4n) is 2.15. The van der Waals surface area contributed by atoms with Crippen LogP contribution in [-0.4, -0.2) is 36.4 Å². The number of benzene rings is 1. The summed E-state index contributed by atoms with van der Waals surface area (Å²) < 4.78 is 29.9. The summed E-state index contributed by atoms with van der Waals surface area (Å²) in [5.41, 5.74) is 17.2. The van der Waals surface area contributed by atoms with Crippen LogP contribution in [0.15, 0.2) is 41.3 Å². The van der Waals surface area contributed by atoms with Crippen molar-refractivity contribution >= 4 is 33.3 Å². The second-order valence-corrected chi connectivity index (χ2v) is 7.34. The highest BCUT2D eigenvalue weighted by Crippen LogP contribution is 2.22. The van der Waals surface area contributed by atoms with Gasteiger partial charge >= 0.3 is 5.69 Å². The number of nitrogens with two attached hydrogens (primary N) is 3. The van der Waals surface area contributed by atoms with Crippen molar-refractivity contribution in [2.24, 2.45) is 11.5 Å². The van der Waals surface area contributed by atoms with Crippen molar-refractivity contribution in [3.63, 3.8) is 0 Å². The molecule has 28 heavy (non-hydrogen) atoms. The van der Waals surface area contributed by atoms with E-state index in [0.717, 1.165) is 11.6 Å². The molecule has 0 aliphatic rings. The van der Waals surface area contributed by atoms with Gasteiger partial charge < -0.3 is 22.5 Å². The number of aromatic nitrogens is 1. The molecule has 0 bridgehead atoms. The van der Waals surface area contributed by atoms with Gasteiger partial charge in [0.25, 0.3) is 10.1 Å². The van der Waals surface area contributed by atoms with E-state index in [9.17, 15) is 18.5 Å². The molecule has 1 heterocycles. The molecule has 1 aromatic heterocycles. The van der Waals surface area contributed by atoms with Gasteiger partial charge in [-0.3, -0.25) is 19.7 Å². The first-order chi connectivity index (χ1) is 13.0. The van der Waals surface area contributed by atoms with Crippen molar-refractivity contribution < 1.29 is 17.5 Å². The van der Waals surface area contributed by atoms with Gasteiger partial charge in [0.2, 0.25) is 5.82 Å². The molecule has 0 radical (unpaired) electrons. The highest BCUT2D eigenvalue weighted by Gasteiger charge is 2.30. The quantitative estimate of drug-likeness (QED) is 0.100. The van der Waals surface area contributed by atoms with Gasteiger partial charge in [-0.05, 0) is 25.1 Å². The monoisotopic (exact) mass is 409 g/mol. The summed E-state index contributed by atoms with van der Waals surface area (Å²) >= 11 is 0. The third-order valence-electron chi connectivity index (χ3n) is 3.59. The molecule has 2 rings (SSSR count). The van der Waals surface area contributed by atoms with Gasteiger partial charge in [-0.1, -0.05) is 17.7 Å². The molecule has 12 nitrogen and oxygen atoms in total. The van der Waals surface area contributed by atoms with E-state index in [1.165, 1.54) is 18.2 Å². The molecule has 150 valence electrons. The molecule has 0 saturated carbocycles. The zero-order valence-electron chi connectivity index (χ0n) is 14.7. The van der Waals surface area contributed by atoms with E-state index in [1.54, 1.807) is 19.1 Å². The minimum absolute atomic E-state index is 0.0122. The molecule has 13 heteroatoms. The zero-order valence-corrected chi connectivity index (χ0v) is 15.5. The lowest BCUT2D eigenvalue weighted by molar-refractivity contribution is -0.384. The average Bonchev–Trinajstić information content (AvgIpc) is 2.59. The van der Waals surface area contributed by atoms with Gasteiger partial charge in [0.1, 0.15) is 17.8 Å². The van der Waals surface area contributed by atoms with E-state index in [0.29, 0.717) is 0 Å². The largest absolute Gasteiger partial charge is 0.385 e. The Balaban J connectivity index is 2.21. The highest BCUT2D eigenvalue weighted by atomic mass is 32.2. The van der Waals surface area contributed by atoms with Crippen LogP contribution in [-0.2, 0) is 14.3 Å². The smallest absolute Gasteiger partial charge is 0.311 e. The summed E-state index contributed by atoms with van der Waals surface area (Å²) in [5.74, 6) is -1.00. The Morgan fingerprint density at radius 1 is 1.29 bits per heavy atom. The van der Waals surface area contributed by atoms with Crippen LogP contribution in [0.25, 0.3) is 0 Å². The second-order valence-electron chi connectivity index (χ2n) is 5.77. The third-order valence-corrected chi connectivity index (χ3v) is 4.90. The SMILES string of the molecule is Cc1ccc(S(=O)(=O)OC(C(=N)N)C(N)Nc2ccc([N+](=O)[O-])c(N)n2)cc1. The molecule has 0 spiro atoms. The first kappa shape index (κ1) is 21.0. The number of nitrogens with one attached hydrogen (secondary N) is 2. The lowest BCUT2D eigenvalue weighted by atomic mass is 10.2. The lowest BCUT2D eigenvalue weighted by Crippen LogP contribution is -2.51. The zero-order chi connectivity index (χ0) is 21.1. The Morgan fingerprint density at radius 3 is 2.39 bits per heavy atom. The van der Waals surface area contributed by atoms with E-state index in [4.69, 9.17) is 26.8 Å². The van der Waals surface area contributed by atoms with Gasteiger partial charge in [0.15, 0.2) is 6.10 Å². The van der Waals surface area contributed by atoms with Crippen LogP contribution >= 0.6 is 0 Å². The van der Waals surface area contributed by atoms with E-state index >= 15 is 0 Å². The predicted octanol–water partition coefficient (Wildman–Crippen LogP) is 0.287. The maximum Gasteiger partial charge on any atom is 0.311 e. The standard InChI is InChI=1S/C15H19N7O5S/c1-8-2-4-9(5-3-8)28(25,26)27-12(13(16)17)15(19)21-11-7-6-10(22(23)24)14(18)20-11/h2-7,12,15H,19H2,1H3,(H3,16,17)(H3,18,20,21). The summed E-state index contributed by atoms with van der Waals surface area (Å²) in [7, 11) is -4.26. The molecule has 0 aliphatic carbocycles. The summed E-state index contributed by atoms with van der Waals surface area (Å²) in [6.07, 6.45) is -2.88. The third kappa shape index (κ3) is 4.91. The number of rotatable bonds is 8. The Morgan fingerprint density at radius 2 is 1.89 bits per heavy atom. The van der Waals surface area contributed by atoms with Crippen molar-refractivity contribution in [3.8, 4) is 0 Å². The molecule has 2 atom stereocenters. The van der Waals surface area contributed by atoms with Crippen LogP contribution in [0.1, 0.15) is 5.56 Å². The molecule has 1 aromatic carbocycles. The van der Waals surface area contributed by atoms with Crippen LogP contribution in [0.4, 0.5) is 17.3 Å². The number of nitrogen functional groups attached to an aromatic ring is 1. The first-order valence-corrected chi connectivity index (χ1v) is 9.19. The van der Waals surface area contributed by atoms with Crippen molar-refractivity contribution in [2.75, 3.05) is 11.1 Å². The van der Waals surface area contributed by atoms with Crippen molar-refractivity contribution in [1.82, 2.24) is 4.98 Å². The summed E-state index contributed by atoms with van der Waals surface area (Å²) in [4.78, 5) is 13.7. The molecular weight excluding hydrogens is 390 g/mol. The minimum Gasteiger partial charge on any atom is -0.385 e. The highest BCUT2D eigenvalue weighted by molar-refractivity contribution is 7.86. The fraction of sp³-hybridized carbons (Fsp3) is 0.200. The predicted molar refractivity (Wildman–Crippen MR) is 102 cm³/mol. The van der Waals surface area contributed by atoms with E-state index in [2.05, 4.69) is 10.3 Å². The molecule has 0 fully saturated rings. The van der Waals surface area contributed by atoms with Gasteiger partial charge in [-0.15, -0.1) is 0 Å². The maximum atomic E-state index is 12.4. The molecule has 0 saturated heterocycles. The van der Waals surface area contributed by atoms with E-state index in [1.807, 2.05) is 0 Å². The average molecular weight is 409 g/mol. The number of nitro groups is 1. The first-order valence-electron chi connectivity index (χ1n) is 7.78. The Kier molecular flexibility index (Phi) is 6.12. The summed E-state index contributed by atoms with van der Waals surface area (Å²) in [6.45, 7) is 1.79. The number of aryl methyl sites for hydroxylation is 1. The van der Waals surface area contributed by atoms with Crippen LogP contribution < -0.4 is 22.5 Å². The lowest BCUT2D eigenvalue weighted by Gasteiger charge is -2.24. The van der Waals surface area contributed by atoms with Crippen molar-refractivity contribution in [2.45, 2.75) is 24.1 Å². The number of anilines is 2. The molecule has 0 aliphatic heterocycles. The molecule has 2 aromatic rings. The van der Waals surface area contributed by atoms with Gasteiger partial charge in [0, 0.05) is 6.07 Å². The topological polar surface area (TPSA) is 213 Å². The number of hydrogen-bond acceptors (Lipinski definition) is 10. The molecular formula is C15H19N7O5S.